The van der Waals surface area contributed by atoms with Gasteiger partial charge in [0.05, 0.1) is 10.6 Å². The van der Waals surface area contributed by atoms with Gasteiger partial charge >= 0.3 is 0 Å². The predicted octanol–water partition coefficient (Wildman–Crippen LogP) is 3.50. The molecule has 0 aliphatic heterocycles. The maximum absolute atomic E-state index is 12.6. The lowest BCUT2D eigenvalue weighted by atomic mass is 10.1. The standard InChI is InChI=1S/C23H22N6O4S/c1-3-15-4-9-21(30)18(12-15)19-13-20(28-27-19)22(31)26-16-5-7-17(8-6-16)34(32,33)29-23-24-11-10-14(2)25-23/h4-13,30H,3H2,1-2H3,(H,26,31)(H,27,28)(H,24,25,29). The molecule has 4 N–H and O–H groups in total. The van der Waals surface area contributed by atoms with Gasteiger partial charge in [-0.15, -0.1) is 0 Å². The second-order valence-electron chi connectivity index (χ2n) is 7.48. The van der Waals surface area contributed by atoms with Gasteiger partial charge in [-0.2, -0.15) is 5.10 Å². The molecule has 1 amide bonds. The van der Waals surface area contributed by atoms with E-state index < -0.39 is 15.9 Å². The first-order valence-electron chi connectivity index (χ1n) is 10.4. The minimum atomic E-state index is -3.89. The van der Waals surface area contributed by atoms with E-state index in [1.54, 1.807) is 19.1 Å². The molecule has 0 aliphatic carbocycles. The summed E-state index contributed by atoms with van der Waals surface area (Å²) in [6.45, 7) is 3.73. The Morgan fingerprint density at radius 1 is 1.09 bits per heavy atom. The van der Waals surface area contributed by atoms with Crippen molar-refractivity contribution in [1.82, 2.24) is 20.2 Å². The van der Waals surface area contributed by atoms with Crippen molar-refractivity contribution < 1.29 is 18.3 Å². The number of anilines is 2. The van der Waals surface area contributed by atoms with Crippen LogP contribution >= 0.6 is 0 Å². The van der Waals surface area contributed by atoms with E-state index in [0.717, 1.165) is 12.0 Å². The zero-order chi connectivity index (χ0) is 24.3. The maximum atomic E-state index is 12.6. The number of benzene rings is 2. The number of rotatable bonds is 7. The van der Waals surface area contributed by atoms with Crippen LogP contribution in [0.5, 0.6) is 5.75 Å². The van der Waals surface area contributed by atoms with Crippen LogP contribution in [-0.2, 0) is 16.4 Å². The quantitative estimate of drug-likeness (QED) is 0.317. The number of nitrogens with zero attached hydrogens (tertiary/aromatic N) is 3. The molecule has 4 aromatic rings. The number of hydrogen-bond donors (Lipinski definition) is 4. The number of phenols is 1. The summed E-state index contributed by atoms with van der Waals surface area (Å²) in [6, 6.07) is 14.1. The summed E-state index contributed by atoms with van der Waals surface area (Å²) in [4.78, 5) is 20.5. The number of amides is 1. The van der Waals surface area contributed by atoms with Crippen molar-refractivity contribution in [3.8, 4) is 17.0 Å². The van der Waals surface area contributed by atoms with Gasteiger partial charge in [-0.3, -0.25) is 9.89 Å². The number of aromatic hydroxyl groups is 1. The van der Waals surface area contributed by atoms with E-state index in [4.69, 9.17) is 0 Å². The molecule has 0 spiro atoms. The summed E-state index contributed by atoms with van der Waals surface area (Å²) in [6.07, 6.45) is 2.26. The molecule has 0 radical (unpaired) electrons. The van der Waals surface area contributed by atoms with Crippen molar-refractivity contribution in [2.24, 2.45) is 0 Å². The third-order valence-electron chi connectivity index (χ3n) is 5.01. The highest BCUT2D eigenvalue weighted by Gasteiger charge is 2.17. The van der Waals surface area contributed by atoms with Gasteiger partial charge in [0, 0.05) is 23.1 Å². The predicted molar refractivity (Wildman–Crippen MR) is 127 cm³/mol. The molecular weight excluding hydrogens is 456 g/mol. The van der Waals surface area contributed by atoms with Gasteiger partial charge in [0.25, 0.3) is 15.9 Å². The Balaban J connectivity index is 1.46. The van der Waals surface area contributed by atoms with Crippen LogP contribution in [-0.4, -0.2) is 39.6 Å². The average Bonchev–Trinajstić information content (AvgIpc) is 3.30. The topological polar surface area (TPSA) is 150 Å². The molecule has 2 heterocycles. The average molecular weight is 479 g/mol. The third-order valence-corrected chi connectivity index (χ3v) is 6.35. The van der Waals surface area contributed by atoms with Crippen molar-refractivity contribution in [2.45, 2.75) is 25.2 Å². The van der Waals surface area contributed by atoms with E-state index in [1.165, 1.54) is 36.5 Å². The Hall–Kier alpha value is -4.25. The molecule has 0 atom stereocenters. The summed E-state index contributed by atoms with van der Waals surface area (Å²) < 4.78 is 27.5. The molecule has 11 heteroatoms. The molecule has 10 nitrogen and oxygen atoms in total. The molecule has 4 rings (SSSR count). The summed E-state index contributed by atoms with van der Waals surface area (Å²) in [5, 5.41) is 19.6. The van der Waals surface area contributed by atoms with Crippen LogP contribution in [0.2, 0.25) is 0 Å². The van der Waals surface area contributed by atoms with E-state index >= 15 is 0 Å². The Labute approximate surface area is 196 Å². The Bertz CT molecular complexity index is 1450. The Morgan fingerprint density at radius 3 is 2.56 bits per heavy atom. The van der Waals surface area contributed by atoms with E-state index in [2.05, 4.69) is 30.2 Å². The van der Waals surface area contributed by atoms with Gasteiger partial charge in [0.15, 0.2) is 0 Å². The van der Waals surface area contributed by atoms with Crippen LogP contribution in [0, 0.1) is 6.92 Å². The number of aromatic amines is 1. The summed E-state index contributed by atoms with van der Waals surface area (Å²) in [5.74, 6) is -0.424. The van der Waals surface area contributed by atoms with Gasteiger partial charge in [-0.25, -0.2) is 23.1 Å². The number of aryl methyl sites for hydroxylation is 2. The summed E-state index contributed by atoms with van der Waals surface area (Å²) in [5.41, 5.74) is 3.19. The highest BCUT2D eigenvalue weighted by Crippen LogP contribution is 2.29. The Kier molecular flexibility index (Phi) is 6.28. The van der Waals surface area contributed by atoms with Gasteiger partial charge in [-0.05, 0) is 67.4 Å². The number of H-pyrrole nitrogens is 1. The lowest BCUT2D eigenvalue weighted by molar-refractivity contribution is 0.102. The van der Waals surface area contributed by atoms with Crippen LogP contribution in [0.1, 0.15) is 28.7 Å². The highest BCUT2D eigenvalue weighted by molar-refractivity contribution is 7.92. The minimum absolute atomic E-state index is 0.00860. The molecule has 0 saturated heterocycles. The summed E-state index contributed by atoms with van der Waals surface area (Å²) >= 11 is 0. The van der Waals surface area contributed by atoms with Crippen LogP contribution < -0.4 is 10.0 Å². The first-order valence-corrected chi connectivity index (χ1v) is 11.8. The number of sulfonamides is 1. The van der Waals surface area contributed by atoms with E-state index in [0.29, 0.717) is 22.6 Å². The lowest BCUT2D eigenvalue weighted by Gasteiger charge is -2.08. The molecule has 0 fully saturated rings. The number of carbonyl (C=O) groups is 1. The number of phenolic OH excluding ortho intramolecular Hbond substituents is 1. The van der Waals surface area contributed by atoms with Crippen molar-refractivity contribution in [1.29, 1.82) is 0 Å². The molecular formula is C23H22N6O4S. The van der Waals surface area contributed by atoms with Gasteiger partial charge in [-0.1, -0.05) is 13.0 Å². The van der Waals surface area contributed by atoms with Crippen LogP contribution in [0.4, 0.5) is 11.6 Å². The van der Waals surface area contributed by atoms with Crippen molar-refractivity contribution in [3.05, 3.63) is 77.7 Å². The maximum Gasteiger partial charge on any atom is 0.273 e. The highest BCUT2D eigenvalue weighted by atomic mass is 32.2. The second-order valence-corrected chi connectivity index (χ2v) is 9.16. The second kappa shape index (κ2) is 9.32. The number of carbonyl (C=O) groups excluding carboxylic acids is 1. The molecule has 34 heavy (non-hydrogen) atoms. The monoisotopic (exact) mass is 478 g/mol. The van der Waals surface area contributed by atoms with Crippen molar-refractivity contribution in [2.75, 3.05) is 10.0 Å². The fourth-order valence-corrected chi connectivity index (χ4v) is 4.13. The van der Waals surface area contributed by atoms with Gasteiger partial charge in [0.2, 0.25) is 5.95 Å². The molecule has 0 saturated carbocycles. The third kappa shape index (κ3) is 5.04. The fourth-order valence-electron chi connectivity index (χ4n) is 3.18. The zero-order valence-corrected chi connectivity index (χ0v) is 19.2. The number of aromatic nitrogens is 4. The molecule has 2 aromatic carbocycles. The van der Waals surface area contributed by atoms with E-state index in [1.807, 2.05) is 19.1 Å². The fraction of sp³-hybridized carbons (Fsp3) is 0.130. The first kappa shape index (κ1) is 22.9. The number of hydrogen-bond acceptors (Lipinski definition) is 7. The van der Waals surface area contributed by atoms with Crippen LogP contribution in [0.25, 0.3) is 11.3 Å². The first-order chi connectivity index (χ1) is 16.2. The molecule has 0 bridgehead atoms. The smallest absolute Gasteiger partial charge is 0.273 e. The van der Waals surface area contributed by atoms with Crippen LogP contribution in [0.3, 0.4) is 0 Å². The minimum Gasteiger partial charge on any atom is -0.507 e. The molecule has 0 unspecified atom stereocenters. The molecule has 174 valence electrons. The lowest BCUT2D eigenvalue weighted by Crippen LogP contribution is -2.16. The van der Waals surface area contributed by atoms with Crippen molar-refractivity contribution >= 4 is 27.6 Å². The normalized spacial score (nSPS) is 11.2. The van der Waals surface area contributed by atoms with Crippen molar-refractivity contribution in [3.63, 3.8) is 0 Å². The number of nitrogens with one attached hydrogen (secondary N) is 3. The molecule has 0 aliphatic rings. The van der Waals surface area contributed by atoms with Gasteiger partial charge < -0.3 is 10.4 Å². The van der Waals surface area contributed by atoms with E-state index in [-0.39, 0.29) is 22.3 Å². The van der Waals surface area contributed by atoms with Crippen LogP contribution in [0.15, 0.2) is 65.7 Å². The largest absolute Gasteiger partial charge is 0.507 e. The summed E-state index contributed by atoms with van der Waals surface area (Å²) in [7, 11) is -3.89. The zero-order valence-electron chi connectivity index (χ0n) is 18.4. The SMILES string of the molecule is CCc1ccc(O)c(-c2cc(C(=O)Nc3ccc(S(=O)(=O)Nc4nccc(C)n4)cc3)[nH]n2)c1. The molecule has 2 aromatic heterocycles. The van der Waals surface area contributed by atoms with E-state index in [9.17, 15) is 18.3 Å². The Morgan fingerprint density at radius 2 is 1.85 bits per heavy atom. The van der Waals surface area contributed by atoms with Gasteiger partial charge in [0.1, 0.15) is 11.4 Å².